The topological polar surface area (TPSA) is 216 Å². The molecule has 0 aliphatic carbocycles. The van der Waals surface area contributed by atoms with Gasteiger partial charge in [0.25, 0.3) is 0 Å². The Hall–Kier alpha value is -6.66. The van der Waals surface area contributed by atoms with Crippen molar-refractivity contribution in [3.8, 4) is 32.8 Å². The quantitative estimate of drug-likeness (QED) is 0.0584. The molecule has 432 valence electrons. The number of amides is 4. The highest BCUT2D eigenvalue weighted by molar-refractivity contribution is 7.13. The minimum atomic E-state index is -0.952. The molecule has 6 heterocycles. The molecule has 6 aromatic rings. The molecule has 81 heavy (non-hydrogen) atoms. The number of hydrogen-bond acceptors (Lipinski definition) is 15. The van der Waals surface area contributed by atoms with E-state index < -0.39 is 41.1 Å². The molecular weight excluding hydrogens is 1060 g/mol. The zero-order valence-corrected chi connectivity index (χ0v) is 47.2. The third kappa shape index (κ3) is 15.3. The summed E-state index contributed by atoms with van der Waals surface area (Å²) in [5.41, 5.74) is 7.43. The van der Waals surface area contributed by atoms with Gasteiger partial charge in [-0.25, -0.2) is 18.7 Å². The summed E-state index contributed by atoms with van der Waals surface area (Å²) in [6, 6.07) is 14.2. The van der Waals surface area contributed by atoms with E-state index in [0.717, 1.165) is 40.1 Å². The van der Waals surface area contributed by atoms with Crippen LogP contribution in [0.5, 0.6) is 0 Å². The Balaban J connectivity index is 0.637. The first-order valence-electron chi connectivity index (χ1n) is 27.7. The summed E-state index contributed by atoms with van der Waals surface area (Å²) in [6.45, 7) is 12.8. The number of aromatic nitrogens is 5. The van der Waals surface area contributed by atoms with Crippen LogP contribution in [0.25, 0.3) is 43.9 Å². The van der Waals surface area contributed by atoms with E-state index in [1.807, 2.05) is 84.2 Å². The lowest BCUT2D eigenvalue weighted by atomic mass is 9.85. The molecular formula is C59H72F2N10O9S. The largest absolute Gasteiger partial charge is 0.391 e. The number of carbonyl (C=O) groups is 4. The number of halogens is 2. The Morgan fingerprint density at radius 1 is 0.852 bits per heavy atom. The number of thiazole rings is 1. The number of para-hydroxylation sites is 1. The van der Waals surface area contributed by atoms with Crippen molar-refractivity contribution in [1.29, 1.82) is 0 Å². The minimum absolute atomic E-state index is 0.0000881. The maximum absolute atomic E-state index is 15.4. The average molecular weight is 1140 g/mol. The summed E-state index contributed by atoms with van der Waals surface area (Å²) in [5, 5.41) is 21.0. The van der Waals surface area contributed by atoms with Crippen molar-refractivity contribution < 1.29 is 52.0 Å². The molecule has 0 unspecified atom stereocenters. The molecule has 19 nitrogen and oxygen atoms in total. The van der Waals surface area contributed by atoms with Crippen LogP contribution >= 0.6 is 11.3 Å². The van der Waals surface area contributed by atoms with Gasteiger partial charge in [-0.1, -0.05) is 57.2 Å². The van der Waals surface area contributed by atoms with Gasteiger partial charge in [-0.2, -0.15) is 5.10 Å². The Labute approximate surface area is 474 Å². The Morgan fingerprint density at radius 2 is 1.54 bits per heavy atom. The number of carbonyl (C=O) groups excluding carboxylic acids is 4. The number of aliphatic hydroxyl groups excluding tert-OH is 1. The smallest absolute Gasteiger partial charge is 0.246 e. The number of β-amino-alcohol motifs (C(OH)–C–C–N with tert-alkyl or cyclic N) is 1. The van der Waals surface area contributed by atoms with E-state index in [4.69, 9.17) is 23.9 Å². The maximum atomic E-state index is 15.4. The van der Waals surface area contributed by atoms with Crippen LogP contribution in [0.2, 0.25) is 0 Å². The lowest BCUT2D eigenvalue weighted by Crippen LogP contribution is -2.57. The summed E-state index contributed by atoms with van der Waals surface area (Å²) in [5.74, 6) is -2.40. The number of ether oxygens (including phenoxy) is 4. The standard InChI is InChI=1S/C59H72F2N10O9S/c1-38-55(81-37-64-38)40-10-8-39(9-11-40)31-63-57(75)51-30-44(72)35-70(51)58(76)56(59(2,3)4)67-52(73)14-20-77-24-26-80-27-25-78-21-15-53(74)69-16-12-43(13-17-69)71-34-42(32-65-71)50-33-62-49-7-5-6-45(54(49)66-50)41-28-47(60)46(48(61)29-41)36-68-18-22-79-23-19-68/h5-11,28-29,32-34,37,43-44,51,56,72H,12-27,30-31,35-36H2,1-4H3,(H,63,75)(H,67,73)/t44-,51+,56-/m1/s1. The van der Waals surface area contributed by atoms with Crippen LogP contribution in [0.1, 0.15) is 75.7 Å². The second-order valence-electron chi connectivity index (χ2n) is 21.8. The predicted molar refractivity (Wildman–Crippen MR) is 300 cm³/mol. The molecule has 3 saturated heterocycles. The summed E-state index contributed by atoms with van der Waals surface area (Å²) in [6.07, 6.45) is 6.22. The molecule has 3 aliphatic heterocycles. The highest BCUT2D eigenvalue weighted by atomic mass is 32.1. The molecule has 3 aromatic heterocycles. The van der Waals surface area contributed by atoms with Gasteiger partial charge >= 0.3 is 0 Å². The number of benzene rings is 3. The van der Waals surface area contributed by atoms with Gasteiger partial charge in [0.2, 0.25) is 23.6 Å². The van der Waals surface area contributed by atoms with E-state index in [0.29, 0.717) is 80.5 Å². The SMILES string of the molecule is Cc1ncsc1-c1ccc(CNC(=O)[C@@H]2C[C@@H](O)CN2C(=O)[C@@H](NC(=O)CCOCCOCCOCCC(=O)N2CCC(n3cc(-c4cnc5cccc(-c6cc(F)c(CN7CCOCC7)c(F)c6)c5n4)cn3)CC2)C(C)(C)C)cc1. The second-order valence-corrected chi connectivity index (χ2v) is 22.7. The van der Waals surface area contributed by atoms with E-state index >= 15 is 8.78 Å². The van der Waals surface area contributed by atoms with Crippen LogP contribution in [0, 0.1) is 24.0 Å². The third-order valence-electron chi connectivity index (χ3n) is 15.0. The van der Waals surface area contributed by atoms with Gasteiger partial charge in [-0.05, 0) is 60.1 Å². The van der Waals surface area contributed by atoms with Gasteiger partial charge in [-0.15, -0.1) is 11.3 Å². The molecule has 3 aliphatic rings. The molecule has 0 radical (unpaired) electrons. The zero-order valence-electron chi connectivity index (χ0n) is 46.4. The van der Waals surface area contributed by atoms with Crippen LogP contribution < -0.4 is 10.6 Å². The van der Waals surface area contributed by atoms with Crippen LogP contribution in [-0.4, -0.2) is 172 Å². The number of fused-ring (bicyclic) bond motifs is 1. The number of aliphatic hydroxyl groups is 1. The number of piperidine rings is 1. The fraction of sp³-hybridized carbons (Fsp3) is 0.492. The summed E-state index contributed by atoms with van der Waals surface area (Å²) >= 11 is 1.57. The highest BCUT2D eigenvalue weighted by Gasteiger charge is 2.44. The van der Waals surface area contributed by atoms with Crippen molar-refractivity contribution >= 4 is 46.0 Å². The van der Waals surface area contributed by atoms with Crippen molar-refractivity contribution in [2.24, 2.45) is 5.41 Å². The first kappa shape index (κ1) is 59.0. The van der Waals surface area contributed by atoms with E-state index in [1.54, 1.807) is 35.9 Å². The normalized spacial score (nSPS) is 17.7. The van der Waals surface area contributed by atoms with Gasteiger partial charge in [0.05, 0.1) is 117 Å². The number of nitrogens with zero attached hydrogens (tertiary/aromatic N) is 8. The predicted octanol–water partition coefficient (Wildman–Crippen LogP) is 6.51. The summed E-state index contributed by atoms with van der Waals surface area (Å²) in [7, 11) is 0. The first-order valence-corrected chi connectivity index (χ1v) is 28.6. The molecule has 4 amide bonds. The summed E-state index contributed by atoms with van der Waals surface area (Å²) < 4.78 is 55.1. The zero-order chi connectivity index (χ0) is 57.0. The van der Waals surface area contributed by atoms with E-state index in [1.165, 1.54) is 17.0 Å². The first-order chi connectivity index (χ1) is 39.1. The van der Waals surface area contributed by atoms with Crippen LogP contribution in [0.4, 0.5) is 8.78 Å². The maximum Gasteiger partial charge on any atom is 0.246 e. The second kappa shape index (κ2) is 27.4. The molecule has 0 bridgehead atoms. The van der Waals surface area contributed by atoms with Gasteiger partial charge in [0.1, 0.15) is 23.7 Å². The molecule has 9 rings (SSSR count). The lowest BCUT2D eigenvalue weighted by molar-refractivity contribution is -0.144. The summed E-state index contributed by atoms with van der Waals surface area (Å²) in [4.78, 5) is 73.8. The minimum Gasteiger partial charge on any atom is -0.391 e. The average Bonchev–Trinajstić information content (AvgIpc) is 4.46. The number of likely N-dealkylation sites (tertiary alicyclic amines) is 2. The van der Waals surface area contributed by atoms with Crippen LogP contribution in [0.3, 0.4) is 0 Å². The van der Waals surface area contributed by atoms with Gasteiger partial charge in [0, 0.05) is 81.5 Å². The van der Waals surface area contributed by atoms with Crippen molar-refractivity contribution in [2.75, 3.05) is 85.6 Å². The van der Waals surface area contributed by atoms with Gasteiger partial charge in [-0.3, -0.25) is 33.7 Å². The van der Waals surface area contributed by atoms with E-state index in [-0.39, 0.29) is 94.7 Å². The molecule has 3 N–H and O–H groups in total. The van der Waals surface area contributed by atoms with Crippen molar-refractivity contribution in [3.05, 3.63) is 107 Å². The highest BCUT2D eigenvalue weighted by Crippen LogP contribution is 2.33. The Bertz CT molecular complexity index is 3100. The van der Waals surface area contributed by atoms with E-state index in [2.05, 4.69) is 25.7 Å². The Morgan fingerprint density at radius 3 is 2.22 bits per heavy atom. The van der Waals surface area contributed by atoms with Crippen molar-refractivity contribution in [2.45, 2.75) is 97.1 Å². The van der Waals surface area contributed by atoms with E-state index in [9.17, 15) is 24.3 Å². The van der Waals surface area contributed by atoms with Crippen LogP contribution in [-0.2, 0) is 51.2 Å². The number of aryl methyl sites for hydroxylation is 1. The molecule has 0 saturated carbocycles. The van der Waals surface area contributed by atoms with Gasteiger partial charge < -0.3 is 44.5 Å². The third-order valence-corrected chi connectivity index (χ3v) is 16.0. The number of morpholine rings is 1. The molecule has 3 aromatic carbocycles. The molecule has 22 heteroatoms. The molecule has 3 atom stereocenters. The molecule has 0 spiro atoms. The fourth-order valence-corrected chi connectivity index (χ4v) is 11.2. The van der Waals surface area contributed by atoms with Gasteiger partial charge in [0.15, 0.2) is 0 Å². The Kier molecular flexibility index (Phi) is 20.0. The lowest BCUT2D eigenvalue weighted by Gasteiger charge is -2.35. The number of hydrogen-bond donors (Lipinski definition) is 3. The number of rotatable bonds is 23. The van der Waals surface area contributed by atoms with Crippen LogP contribution in [0.15, 0.2) is 78.7 Å². The fourth-order valence-electron chi connectivity index (χ4n) is 10.4. The van der Waals surface area contributed by atoms with Crippen molar-refractivity contribution in [1.82, 2.24) is 50.1 Å². The molecule has 3 fully saturated rings. The van der Waals surface area contributed by atoms with Crippen molar-refractivity contribution in [3.63, 3.8) is 0 Å². The monoisotopic (exact) mass is 1130 g/mol. The number of nitrogens with one attached hydrogen (secondary N) is 2.